The number of hydroxylamine groups is 1. The van der Waals surface area contributed by atoms with Crippen LogP contribution in [-0.4, -0.2) is 28.5 Å². The number of carbonyl (C=O) groups excluding carboxylic acids is 1. The van der Waals surface area contributed by atoms with Gasteiger partial charge in [0.15, 0.2) is 6.61 Å². The molecule has 1 aromatic rings. The van der Waals surface area contributed by atoms with Gasteiger partial charge in [0.2, 0.25) is 0 Å². The third-order valence-corrected chi connectivity index (χ3v) is 2.37. The lowest BCUT2D eigenvalue weighted by Crippen LogP contribution is -2.28. The van der Waals surface area contributed by atoms with Crippen LogP contribution in [0.1, 0.15) is 17.0 Å². The van der Waals surface area contributed by atoms with Crippen LogP contribution in [0.3, 0.4) is 0 Å². The van der Waals surface area contributed by atoms with Crippen molar-refractivity contribution in [3.8, 4) is 0 Å². The normalized spacial score (nSPS) is 12.1. The molecule has 19 heavy (non-hydrogen) atoms. The fourth-order valence-corrected chi connectivity index (χ4v) is 1.41. The summed E-state index contributed by atoms with van der Waals surface area (Å²) in [6, 6.07) is 0. The summed E-state index contributed by atoms with van der Waals surface area (Å²) in [7, 11) is 1.76. The van der Waals surface area contributed by atoms with Crippen LogP contribution in [0.4, 0.5) is 13.2 Å². The Morgan fingerprint density at radius 2 is 2.11 bits per heavy atom. The van der Waals surface area contributed by atoms with Gasteiger partial charge in [-0.05, 0) is 19.9 Å². The Hall–Kier alpha value is -1.83. The lowest BCUT2D eigenvalue weighted by atomic mass is 10.2. The largest absolute Gasteiger partial charge is 0.414 e. The average molecular weight is 277 g/mol. The van der Waals surface area contributed by atoms with Gasteiger partial charge in [-0.2, -0.15) is 18.3 Å². The van der Waals surface area contributed by atoms with Crippen molar-refractivity contribution < 1.29 is 22.8 Å². The summed E-state index contributed by atoms with van der Waals surface area (Å²) in [5.74, 6) is -0.771. The van der Waals surface area contributed by atoms with E-state index in [0.29, 0.717) is 0 Å². The lowest BCUT2D eigenvalue weighted by Gasteiger charge is -2.06. The summed E-state index contributed by atoms with van der Waals surface area (Å²) in [6.07, 6.45) is -1.91. The minimum Gasteiger partial charge on any atom is -0.272 e. The molecule has 1 heterocycles. The van der Waals surface area contributed by atoms with Gasteiger partial charge in [0.25, 0.3) is 5.91 Å². The smallest absolute Gasteiger partial charge is 0.272 e. The van der Waals surface area contributed by atoms with Crippen LogP contribution in [0.2, 0.25) is 0 Å². The first-order valence-electron chi connectivity index (χ1n) is 5.37. The van der Waals surface area contributed by atoms with Crippen molar-refractivity contribution >= 4 is 12.0 Å². The highest BCUT2D eigenvalue weighted by atomic mass is 19.4. The van der Waals surface area contributed by atoms with Crippen molar-refractivity contribution in [1.29, 1.82) is 0 Å². The molecule has 1 aromatic heterocycles. The van der Waals surface area contributed by atoms with Crippen molar-refractivity contribution in [2.45, 2.75) is 20.0 Å². The number of nitrogens with zero attached hydrogens (tertiary/aromatic N) is 2. The molecule has 0 saturated carbocycles. The van der Waals surface area contributed by atoms with Crippen molar-refractivity contribution in [2.75, 3.05) is 6.61 Å². The monoisotopic (exact) mass is 277 g/mol. The van der Waals surface area contributed by atoms with Crippen LogP contribution in [-0.2, 0) is 16.7 Å². The Bertz CT molecular complexity index is 492. The zero-order valence-electron chi connectivity index (χ0n) is 10.7. The molecular weight excluding hydrogens is 263 g/mol. The second-order valence-corrected chi connectivity index (χ2v) is 3.91. The molecule has 0 aromatic carbocycles. The number of hydrogen-bond acceptors (Lipinski definition) is 3. The summed E-state index contributed by atoms with van der Waals surface area (Å²) in [6.45, 7) is 2.06. The Morgan fingerprint density at radius 1 is 1.47 bits per heavy atom. The molecule has 1 N–H and O–H groups in total. The molecule has 0 fully saturated rings. The molecule has 0 aliphatic heterocycles. The van der Waals surface area contributed by atoms with Crippen LogP contribution in [0.25, 0.3) is 6.08 Å². The third-order valence-electron chi connectivity index (χ3n) is 2.37. The standard InChI is InChI=1S/C11H14F3N3O2/c1-7-9(8(2)17(3)15-7)4-5-10(18)16-19-6-11(12,13)14/h4-5H,6H2,1-3H3,(H,16,18)/b5-4+. The Balaban J connectivity index is 2.55. The van der Waals surface area contributed by atoms with Crippen molar-refractivity contribution in [3.05, 3.63) is 23.0 Å². The molecule has 0 aliphatic carbocycles. The van der Waals surface area contributed by atoms with Gasteiger partial charge >= 0.3 is 6.18 Å². The number of hydrogen-bond donors (Lipinski definition) is 1. The molecule has 1 rings (SSSR count). The van der Waals surface area contributed by atoms with Gasteiger partial charge in [-0.3, -0.25) is 14.3 Å². The summed E-state index contributed by atoms with van der Waals surface area (Å²) >= 11 is 0. The number of aryl methyl sites for hydroxylation is 2. The maximum Gasteiger partial charge on any atom is 0.414 e. The number of amides is 1. The summed E-state index contributed by atoms with van der Waals surface area (Å²) in [4.78, 5) is 15.2. The topological polar surface area (TPSA) is 56.2 Å². The molecule has 1 amide bonds. The van der Waals surface area contributed by atoms with E-state index < -0.39 is 18.7 Å². The van der Waals surface area contributed by atoms with Gasteiger partial charge in [-0.25, -0.2) is 5.48 Å². The number of halogens is 3. The minimum absolute atomic E-state index is 0.722. The highest BCUT2D eigenvalue weighted by Gasteiger charge is 2.28. The maximum atomic E-state index is 11.8. The van der Waals surface area contributed by atoms with E-state index in [1.807, 2.05) is 6.92 Å². The number of rotatable bonds is 4. The van der Waals surface area contributed by atoms with E-state index in [1.54, 1.807) is 24.1 Å². The van der Waals surface area contributed by atoms with Crippen molar-refractivity contribution in [2.24, 2.45) is 7.05 Å². The van der Waals surface area contributed by atoms with E-state index in [9.17, 15) is 18.0 Å². The second kappa shape index (κ2) is 5.87. The summed E-state index contributed by atoms with van der Waals surface area (Å²) in [5.41, 5.74) is 3.99. The van der Waals surface area contributed by atoms with Crippen molar-refractivity contribution in [1.82, 2.24) is 15.3 Å². The van der Waals surface area contributed by atoms with E-state index in [0.717, 1.165) is 23.0 Å². The van der Waals surface area contributed by atoms with E-state index in [1.165, 1.54) is 6.08 Å². The molecule has 0 aliphatic rings. The number of alkyl halides is 3. The molecule has 0 bridgehead atoms. The Morgan fingerprint density at radius 3 is 2.58 bits per heavy atom. The molecule has 5 nitrogen and oxygen atoms in total. The van der Waals surface area contributed by atoms with Crippen LogP contribution in [0, 0.1) is 13.8 Å². The predicted octanol–water partition coefficient (Wildman–Crippen LogP) is 1.66. The first kappa shape index (κ1) is 15.2. The fraction of sp³-hybridized carbons (Fsp3) is 0.455. The van der Waals surface area contributed by atoms with Gasteiger partial charge in [-0.15, -0.1) is 0 Å². The molecule has 8 heteroatoms. The van der Waals surface area contributed by atoms with Gasteiger partial charge < -0.3 is 0 Å². The van der Waals surface area contributed by atoms with Gasteiger partial charge in [0.1, 0.15) is 0 Å². The third kappa shape index (κ3) is 4.74. The highest BCUT2D eigenvalue weighted by molar-refractivity contribution is 5.91. The predicted molar refractivity (Wildman–Crippen MR) is 61.9 cm³/mol. The summed E-state index contributed by atoms with van der Waals surface area (Å²) in [5, 5.41) is 4.14. The minimum atomic E-state index is -4.48. The zero-order chi connectivity index (χ0) is 14.6. The molecule has 0 spiro atoms. The molecule has 106 valence electrons. The number of aromatic nitrogens is 2. The lowest BCUT2D eigenvalue weighted by molar-refractivity contribution is -0.190. The van der Waals surface area contributed by atoms with Gasteiger partial charge in [0, 0.05) is 24.4 Å². The van der Waals surface area contributed by atoms with Gasteiger partial charge in [0.05, 0.1) is 5.69 Å². The van der Waals surface area contributed by atoms with E-state index in [2.05, 4.69) is 9.94 Å². The molecule has 0 atom stereocenters. The molecule has 0 saturated heterocycles. The van der Waals surface area contributed by atoms with Crippen molar-refractivity contribution in [3.63, 3.8) is 0 Å². The zero-order valence-corrected chi connectivity index (χ0v) is 10.7. The van der Waals surface area contributed by atoms with E-state index >= 15 is 0 Å². The van der Waals surface area contributed by atoms with Gasteiger partial charge in [-0.1, -0.05) is 0 Å². The van der Waals surface area contributed by atoms with E-state index in [4.69, 9.17) is 0 Å². The van der Waals surface area contributed by atoms with E-state index in [-0.39, 0.29) is 0 Å². The number of carbonyl (C=O) groups is 1. The Labute approximate surface area is 108 Å². The molecular formula is C11H14F3N3O2. The van der Waals surface area contributed by atoms with Crippen LogP contribution in [0.5, 0.6) is 0 Å². The van der Waals surface area contributed by atoms with Crippen LogP contribution < -0.4 is 5.48 Å². The quantitative estimate of drug-likeness (QED) is 0.672. The number of nitrogens with one attached hydrogen (secondary N) is 1. The summed E-state index contributed by atoms with van der Waals surface area (Å²) < 4.78 is 36.9. The fourth-order valence-electron chi connectivity index (χ4n) is 1.41. The first-order valence-corrected chi connectivity index (χ1v) is 5.37. The second-order valence-electron chi connectivity index (χ2n) is 3.91. The SMILES string of the molecule is Cc1nn(C)c(C)c1/C=C/C(=O)NOCC(F)(F)F. The first-order chi connectivity index (χ1) is 8.70. The molecule has 0 unspecified atom stereocenters. The Kier molecular flexibility index (Phi) is 4.71. The van der Waals surface area contributed by atoms with Crippen LogP contribution in [0.15, 0.2) is 6.08 Å². The van der Waals surface area contributed by atoms with Crippen LogP contribution >= 0.6 is 0 Å². The average Bonchev–Trinajstić information content (AvgIpc) is 2.49. The maximum absolute atomic E-state index is 11.8. The molecule has 0 radical (unpaired) electrons. The highest BCUT2D eigenvalue weighted by Crippen LogP contribution is 2.14.